The number of carbonyl (C=O) groups excluding carboxylic acids is 1. The molecule has 0 unspecified atom stereocenters. The summed E-state index contributed by atoms with van der Waals surface area (Å²) in [6.07, 6.45) is 0.522. The molecule has 3 rings (SSSR count). The van der Waals surface area contributed by atoms with E-state index in [-0.39, 0.29) is 5.91 Å². The van der Waals surface area contributed by atoms with Gasteiger partial charge in [-0.05, 0) is 36.4 Å². The number of ether oxygens (including phenoxy) is 1. The van der Waals surface area contributed by atoms with Crippen LogP contribution in [0.3, 0.4) is 0 Å². The Morgan fingerprint density at radius 2 is 1.56 bits per heavy atom. The van der Waals surface area contributed by atoms with Gasteiger partial charge in [0.15, 0.2) is 0 Å². The first kappa shape index (κ1) is 19.7. The molecule has 0 aliphatic carbocycles. The summed E-state index contributed by atoms with van der Waals surface area (Å²) in [6, 6.07) is 17.0. The van der Waals surface area contributed by atoms with Crippen molar-refractivity contribution < 1.29 is 9.53 Å². The van der Waals surface area contributed by atoms with Gasteiger partial charge in [-0.1, -0.05) is 29.8 Å². The number of anilines is 1. The topological polar surface area (TPSA) is 44.8 Å². The number of rotatable bonds is 8. The van der Waals surface area contributed by atoms with Crippen LogP contribution in [-0.4, -0.2) is 61.6 Å². The van der Waals surface area contributed by atoms with Crippen LogP contribution < -0.4 is 10.1 Å². The highest BCUT2D eigenvalue weighted by Crippen LogP contribution is 2.15. The molecule has 1 fully saturated rings. The van der Waals surface area contributed by atoms with Crippen molar-refractivity contribution in [2.24, 2.45) is 0 Å². The van der Waals surface area contributed by atoms with Crippen molar-refractivity contribution in [3.63, 3.8) is 0 Å². The van der Waals surface area contributed by atoms with Gasteiger partial charge < -0.3 is 15.0 Å². The highest BCUT2D eigenvalue weighted by Gasteiger charge is 2.17. The van der Waals surface area contributed by atoms with E-state index in [1.165, 1.54) is 0 Å². The second-order valence-corrected chi connectivity index (χ2v) is 7.09. The van der Waals surface area contributed by atoms with Crippen LogP contribution in [0.1, 0.15) is 6.42 Å². The molecule has 1 aliphatic heterocycles. The lowest BCUT2D eigenvalue weighted by Gasteiger charge is -2.34. The van der Waals surface area contributed by atoms with Crippen LogP contribution in [0, 0.1) is 0 Å². The van der Waals surface area contributed by atoms with Crippen molar-refractivity contribution in [2.45, 2.75) is 6.42 Å². The first-order valence-corrected chi connectivity index (χ1v) is 9.75. The molecule has 2 aromatic rings. The van der Waals surface area contributed by atoms with Crippen LogP contribution in [0.25, 0.3) is 0 Å². The van der Waals surface area contributed by atoms with E-state index in [4.69, 9.17) is 16.3 Å². The van der Waals surface area contributed by atoms with Crippen LogP contribution in [0.4, 0.5) is 5.69 Å². The predicted molar refractivity (Wildman–Crippen MR) is 110 cm³/mol. The van der Waals surface area contributed by atoms with Gasteiger partial charge in [-0.25, -0.2) is 0 Å². The zero-order valence-corrected chi connectivity index (χ0v) is 16.2. The highest BCUT2D eigenvalue weighted by atomic mass is 35.5. The third-order valence-electron chi connectivity index (χ3n) is 4.67. The second kappa shape index (κ2) is 10.3. The average Bonchev–Trinajstić information content (AvgIpc) is 2.70. The second-order valence-electron chi connectivity index (χ2n) is 6.65. The quantitative estimate of drug-likeness (QED) is 0.754. The maximum absolute atomic E-state index is 12.0. The number of para-hydroxylation sites is 1. The molecule has 144 valence electrons. The molecule has 2 aromatic carbocycles. The summed E-state index contributed by atoms with van der Waals surface area (Å²) in [4.78, 5) is 16.8. The Morgan fingerprint density at radius 1 is 0.926 bits per heavy atom. The Bertz CT molecular complexity index is 701. The third-order valence-corrected chi connectivity index (χ3v) is 4.92. The number of carbonyl (C=O) groups is 1. The van der Waals surface area contributed by atoms with E-state index in [1.54, 1.807) is 0 Å². The molecule has 0 atom stereocenters. The fraction of sp³-hybridized carbons (Fsp3) is 0.381. The molecule has 27 heavy (non-hydrogen) atoms. The van der Waals surface area contributed by atoms with Crippen molar-refractivity contribution >= 4 is 23.2 Å². The van der Waals surface area contributed by atoms with Gasteiger partial charge in [0.25, 0.3) is 0 Å². The summed E-state index contributed by atoms with van der Waals surface area (Å²) in [5, 5.41) is 3.65. The lowest BCUT2D eigenvalue weighted by atomic mass is 10.2. The van der Waals surface area contributed by atoms with Crippen LogP contribution in [0.2, 0.25) is 5.02 Å². The maximum atomic E-state index is 12.0. The zero-order valence-electron chi connectivity index (χ0n) is 15.4. The molecule has 6 heteroatoms. The summed E-state index contributed by atoms with van der Waals surface area (Å²) >= 11 is 5.87. The average molecular weight is 388 g/mol. The monoisotopic (exact) mass is 387 g/mol. The molecule has 1 saturated heterocycles. The molecule has 0 aromatic heterocycles. The van der Waals surface area contributed by atoms with Crippen LogP contribution in [0.15, 0.2) is 54.6 Å². The van der Waals surface area contributed by atoms with Gasteiger partial charge in [-0.2, -0.15) is 0 Å². The summed E-state index contributed by atoms with van der Waals surface area (Å²) in [6.45, 7) is 6.35. The number of piperazine rings is 1. The first-order valence-electron chi connectivity index (χ1n) is 9.37. The Balaban J connectivity index is 1.28. The van der Waals surface area contributed by atoms with Crippen LogP contribution >= 0.6 is 11.6 Å². The molecule has 0 spiro atoms. The van der Waals surface area contributed by atoms with Gasteiger partial charge in [0.05, 0.1) is 0 Å². The summed E-state index contributed by atoms with van der Waals surface area (Å²) in [7, 11) is 0. The van der Waals surface area contributed by atoms with Crippen LogP contribution in [0.5, 0.6) is 5.75 Å². The largest absolute Gasteiger partial charge is 0.492 e. The normalized spacial score (nSPS) is 15.4. The van der Waals surface area contributed by atoms with Crippen molar-refractivity contribution in [3.8, 4) is 5.75 Å². The standard InChI is InChI=1S/C21H26ClN3O2/c22-18-6-8-20(9-7-18)27-17-16-25-14-12-24(13-15-25)11-10-21(26)23-19-4-2-1-3-5-19/h1-9H,10-17H2,(H,23,26). The fourth-order valence-corrected chi connectivity index (χ4v) is 3.19. The summed E-state index contributed by atoms with van der Waals surface area (Å²) in [5.74, 6) is 0.919. The molecule has 0 radical (unpaired) electrons. The smallest absolute Gasteiger partial charge is 0.225 e. The Morgan fingerprint density at radius 3 is 2.22 bits per heavy atom. The maximum Gasteiger partial charge on any atom is 0.225 e. The van der Waals surface area contributed by atoms with E-state index in [0.29, 0.717) is 13.0 Å². The van der Waals surface area contributed by atoms with Crippen molar-refractivity contribution in [1.29, 1.82) is 0 Å². The van der Waals surface area contributed by atoms with Crippen molar-refractivity contribution in [2.75, 3.05) is 51.2 Å². The van der Waals surface area contributed by atoms with Crippen molar-refractivity contribution in [1.82, 2.24) is 9.80 Å². The van der Waals surface area contributed by atoms with E-state index < -0.39 is 0 Å². The number of halogens is 1. The molecule has 1 amide bonds. The molecular formula is C21H26ClN3O2. The Kier molecular flexibility index (Phi) is 7.51. The number of nitrogens with one attached hydrogen (secondary N) is 1. The number of benzene rings is 2. The minimum atomic E-state index is 0.0694. The number of hydrogen-bond donors (Lipinski definition) is 1. The van der Waals surface area contributed by atoms with Gasteiger partial charge in [-0.3, -0.25) is 9.69 Å². The third kappa shape index (κ3) is 6.86. The Labute approximate surface area is 165 Å². The van der Waals surface area contributed by atoms with E-state index in [2.05, 4.69) is 15.1 Å². The van der Waals surface area contributed by atoms with Crippen LogP contribution in [-0.2, 0) is 4.79 Å². The SMILES string of the molecule is O=C(CCN1CCN(CCOc2ccc(Cl)cc2)CC1)Nc1ccccc1. The number of nitrogens with zero attached hydrogens (tertiary/aromatic N) is 2. The minimum Gasteiger partial charge on any atom is -0.492 e. The van der Waals surface area contributed by atoms with E-state index in [0.717, 1.165) is 55.7 Å². The molecule has 1 heterocycles. The molecule has 0 saturated carbocycles. The fourth-order valence-electron chi connectivity index (χ4n) is 3.06. The molecule has 0 bridgehead atoms. The van der Waals surface area contributed by atoms with Gasteiger partial charge >= 0.3 is 0 Å². The molecule has 5 nitrogen and oxygen atoms in total. The lowest BCUT2D eigenvalue weighted by Crippen LogP contribution is -2.48. The summed E-state index contributed by atoms with van der Waals surface area (Å²) < 4.78 is 5.76. The first-order chi connectivity index (χ1) is 13.2. The van der Waals surface area contributed by atoms with E-state index in [1.807, 2.05) is 54.6 Å². The van der Waals surface area contributed by atoms with Gasteiger partial charge in [0.2, 0.25) is 5.91 Å². The molecular weight excluding hydrogens is 362 g/mol. The highest BCUT2D eigenvalue weighted by molar-refractivity contribution is 6.30. The summed E-state index contributed by atoms with van der Waals surface area (Å²) in [5.41, 5.74) is 0.855. The van der Waals surface area contributed by atoms with E-state index in [9.17, 15) is 4.79 Å². The number of amides is 1. The predicted octanol–water partition coefficient (Wildman–Crippen LogP) is 3.37. The van der Waals surface area contributed by atoms with Gasteiger partial charge in [0.1, 0.15) is 12.4 Å². The Hall–Kier alpha value is -2.08. The zero-order chi connectivity index (χ0) is 18.9. The lowest BCUT2D eigenvalue weighted by molar-refractivity contribution is -0.116. The van der Waals surface area contributed by atoms with Crippen molar-refractivity contribution in [3.05, 3.63) is 59.6 Å². The minimum absolute atomic E-state index is 0.0694. The number of hydrogen-bond acceptors (Lipinski definition) is 4. The van der Waals surface area contributed by atoms with Gasteiger partial charge in [-0.15, -0.1) is 0 Å². The molecule has 1 aliphatic rings. The van der Waals surface area contributed by atoms with Gasteiger partial charge in [0, 0.05) is 56.4 Å². The molecule has 1 N–H and O–H groups in total. The van der Waals surface area contributed by atoms with E-state index >= 15 is 0 Å².